The van der Waals surface area contributed by atoms with Crippen LogP contribution in [0.15, 0.2) is 12.1 Å². The molecule has 1 aliphatic heterocycles. The van der Waals surface area contributed by atoms with E-state index in [0.29, 0.717) is 28.8 Å². The quantitative estimate of drug-likeness (QED) is 0.897. The Morgan fingerprint density at radius 1 is 1.33 bits per heavy atom. The Morgan fingerprint density at radius 3 is 2.62 bits per heavy atom. The van der Waals surface area contributed by atoms with E-state index in [9.17, 15) is 4.79 Å². The van der Waals surface area contributed by atoms with Crippen molar-refractivity contribution < 1.29 is 14.3 Å². The number of piperidine rings is 1. The Bertz CT molecular complexity index is 528. The van der Waals surface area contributed by atoms with Gasteiger partial charge in [-0.2, -0.15) is 0 Å². The summed E-state index contributed by atoms with van der Waals surface area (Å²) in [6, 6.07) is 3.32. The van der Waals surface area contributed by atoms with E-state index in [-0.39, 0.29) is 5.91 Å². The average Bonchev–Trinajstić information content (AvgIpc) is 2.49. The van der Waals surface area contributed by atoms with Gasteiger partial charge in [0.2, 0.25) is 5.91 Å². The molecular weight excluding hydrogens is 292 g/mol. The van der Waals surface area contributed by atoms with Crippen molar-refractivity contribution in [3.63, 3.8) is 0 Å². The highest BCUT2D eigenvalue weighted by atomic mass is 35.5. The van der Waals surface area contributed by atoms with Crippen molar-refractivity contribution in [2.45, 2.75) is 19.8 Å². The molecule has 1 heterocycles. The number of amides is 1. The third kappa shape index (κ3) is 3.41. The molecule has 2 N–H and O–H groups in total. The third-order valence-corrected chi connectivity index (χ3v) is 4.16. The summed E-state index contributed by atoms with van der Waals surface area (Å²) in [5, 5.41) is 6.64. The van der Waals surface area contributed by atoms with E-state index < -0.39 is 5.41 Å². The van der Waals surface area contributed by atoms with Gasteiger partial charge in [-0.05, 0) is 26.3 Å². The first-order chi connectivity index (χ1) is 10.00. The number of hydrogen-bond acceptors (Lipinski definition) is 4. The fourth-order valence-corrected chi connectivity index (χ4v) is 2.71. The number of halogens is 1. The van der Waals surface area contributed by atoms with Gasteiger partial charge in [-0.1, -0.05) is 11.6 Å². The standard InChI is InChI=1S/C15H21ClN2O3/c1-15(5-4-6-17-9-15)14(19)18-11-8-12(20-2)10(16)7-13(11)21-3/h7-8,17H,4-6,9H2,1-3H3,(H,18,19). The monoisotopic (exact) mass is 312 g/mol. The molecule has 1 unspecified atom stereocenters. The van der Waals surface area contributed by atoms with Gasteiger partial charge >= 0.3 is 0 Å². The topological polar surface area (TPSA) is 59.6 Å². The molecule has 5 nitrogen and oxygen atoms in total. The molecule has 1 saturated heterocycles. The van der Waals surface area contributed by atoms with E-state index in [0.717, 1.165) is 19.4 Å². The van der Waals surface area contributed by atoms with E-state index in [1.54, 1.807) is 12.1 Å². The Hall–Kier alpha value is -1.46. The summed E-state index contributed by atoms with van der Waals surface area (Å²) in [5.41, 5.74) is 0.145. The van der Waals surface area contributed by atoms with Crippen LogP contribution in [-0.2, 0) is 4.79 Å². The van der Waals surface area contributed by atoms with Gasteiger partial charge in [0, 0.05) is 18.7 Å². The second kappa shape index (κ2) is 6.54. The Morgan fingerprint density at radius 2 is 2.05 bits per heavy atom. The number of hydrogen-bond donors (Lipinski definition) is 2. The predicted molar refractivity (Wildman–Crippen MR) is 83.4 cm³/mol. The molecule has 0 aromatic heterocycles. The molecule has 1 aliphatic rings. The lowest BCUT2D eigenvalue weighted by Gasteiger charge is -2.32. The van der Waals surface area contributed by atoms with E-state index in [1.165, 1.54) is 14.2 Å². The molecule has 1 fully saturated rings. The molecule has 1 aromatic carbocycles. The highest BCUT2D eigenvalue weighted by Crippen LogP contribution is 2.37. The van der Waals surface area contributed by atoms with Crippen LogP contribution in [0.5, 0.6) is 11.5 Å². The summed E-state index contributed by atoms with van der Waals surface area (Å²) in [6.07, 6.45) is 1.85. The normalized spacial score (nSPS) is 21.7. The minimum Gasteiger partial charge on any atom is -0.495 e. The van der Waals surface area contributed by atoms with Crippen LogP contribution >= 0.6 is 11.6 Å². The molecular formula is C15H21ClN2O3. The highest BCUT2D eigenvalue weighted by molar-refractivity contribution is 6.32. The van der Waals surface area contributed by atoms with E-state index in [2.05, 4.69) is 10.6 Å². The van der Waals surface area contributed by atoms with Gasteiger partial charge < -0.3 is 20.1 Å². The van der Waals surface area contributed by atoms with Crippen LogP contribution in [0.25, 0.3) is 0 Å². The zero-order valence-electron chi connectivity index (χ0n) is 12.6. The smallest absolute Gasteiger partial charge is 0.231 e. The minimum absolute atomic E-state index is 0.0302. The fraction of sp³-hybridized carbons (Fsp3) is 0.533. The summed E-state index contributed by atoms with van der Waals surface area (Å²) in [6.45, 7) is 3.60. The Labute approximate surface area is 130 Å². The molecule has 2 rings (SSSR count). The predicted octanol–water partition coefficient (Wildman–Crippen LogP) is 2.69. The van der Waals surface area contributed by atoms with Crippen LogP contribution in [0.2, 0.25) is 5.02 Å². The van der Waals surface area contributed by atoms with Crippen molar-refractivity contribution in [3.8, 4) is 11.5 Å². The molecule has 1 amide bonds. The maximum atomic E-state index is 12.6. The minimum atomic E-state index is -0.421. The number of rotatable bonds is 4. The second-order valence-electron chi connectivity index (χ2n) is 5.48. The van der Waals surface area contributed by atoms with Gasteiger partial charge in [-0.3, -0.25) is 4.79 Å². The van der Waals surface area contributed by atoms with Crippen LogP contribution in [0, 0.1) is 5.41 Å². The summed E-state index contributed by atoms with van der Waals surface area (Å²) in [4.78, 5) is 12.6. The zero-order chi connectivity index (χ0) is 15.5. The first-order valence-electron chi connectivity index (χ1n) is 6.94. The van der Waals surface area contributed by atoms with Gasteiger partial charge in [-0.15, -0.1) is 0 Å². The molecule has 6 heteroatoms. The molecule has 0 spiro atoms. The van der Waals surface area contributed by atoms with Crippen molar-refractivity contribution in [3.05, 3.63) is 17.2 Å². The van der Waals surface area contributed by atoms with Crippen molar-refractivity contribution >= 4 is 23.2 Å². The highest BCUT2D eigenvalue weighted by Gasteiger charge is 2.35. The van der Waals surface area contributed by atoms with Gasteiger partial charge in [0.15, 0.2) is 0 Å². The lowest BCUT2D eigenvalue weighted by atomic mass is 9.82. The number of nitrogens with one attached hydrogen (secondary N) is 2. The van der Waals surface area contributed by atoms with Crippen molar-refractivity contribution in [2.75, 3.05) is 32.6 Å². The number of benzene rings is 1. The lowest BCUT2D eigenvalue weighted by Crippen LogP contribution is -2.46. The molecule has 0 bridgehead atoms. The number of carbonyl (C=O) groups excluding carboxylic acids is 1. The molecule has 1 atom stereocenters. The second-order valence-corrected chi connectivity index (χ2v) is 5.89. The number of carbonyl (C=O) groups is 1. The Balaban J connectivity index is 2.23. The van der Waals surface area contributed by atoms with Crippen LogP contribution in [0.1, 0.15) is 19.8 Å². The maximum absolute atomic E-state index is 12.6. The van der Waals surface area contributed by atoms with Gasteiger partial charge in [0.05, 0.1) is 30.3 Å². The summed E-state index contributed by atoms with van der Waals surface area (Å²) in [7, 11) is 3.07. The molecule has 0 aliphatic carbocycles. The van der Waals surface area contributed by atoms with Crippen LogP contribution in [-0.4, -0.2) is 33.2 Å². The van der Waals surface area contributed by atoms with E-state index >= 15 is 0 Å². The average molecular weight is 313 g/mol. The lowest BCUT2D eigenvalue weighted by molar-refractivity contribution is -0.125. The number of ether oxygens (including phenoxy) is 2. The number of methoxy groups -OCH3 is 2. The summed E-state index contributed by atoms with van der Waals surface area (Å²) in [5.74, 6) is 0.985. The zero-order valence-corrected chi connectivity index (χ0v) is 13.3. The van der Waals surface area contributed by atoms with Gasteiger partial charge in [0.25, 0.3) is 0 Å². The van der Waals surface area contributed by atoms with Crippen molar-refractivity contribution in [1.82, 2.24) is 5.32 Å². The summed E-state index contributed by atoms with van der Waals surface area (Å²) >= 11 is 6.07. The molecule has 1 aromatic rings. The maximum Gasteiger partial charge on any atom is 0.231 e. The van der Waals surface area contributed by atoms with Gasteiger partial charge in [0.1, 0.15) is 11.5 Å². The molecule has 0 saturated carbocycles. The molecule has 21 heavy (non-hydrogen) atoms. The largest absolute Gasteiger partial charge is 0.495 e. The van der Waals surface area contributed by atoms with Gasteiger partial charge in [-0.25, -0.2) is 0 Å². The third-order valence-electron chi connectivity index (χ3n) is 3.87. The number of anilines is 1. The van der Waals surface area contributed by atoms with E-state index in [1.807, 2.05) is 6.92 Å². The van der Waals surface area contributed by atoms with Crippen LogP contribution < -0.4 is 20.1 Å². The molecule has 0 radical (unpaired) electrons. The summed E-state index contributed by atoms with van der Waals surface area (Å²) < 4.78 is 10.5. The van der Waals surface area contributed by atoms with Crippen LogP contribution in [0.4, 0.5) is 5.69 Å². The first-order valence-corrected chi connectivity index (χ1v) is 7.31. The van der Waals surface area contributed by atoms with Crippen LogP contribution in [0.3, 0.4) is 0 Å². The SMILES string of the molecule is COc1cc(NC(=O)C2(C)CCCNC2)c(OC)cc1Cl. The van der Waals surface area contributed by atoms with E-state index in [4.69, 9.17) is 21.1 Å². The van der Waals surface area contributed by atoms with Crippen molar-refractivity contribution in [1.29, 1.82) is 0 Å². The molecule has 116 valence electrons. The fourth-order valence-electron chi connectivity index (χ4n) is 2.48. The van der Waals surface area contributed by atoms with Crippen molar-refractivity contribution in [2.24, 2.45) is 5.41 Å². The first kappa shape index (κ1) is 15.9. The Kier molecular flexibility index (Phi) is 4.96.